The van der Waals surface area contributed by atoms with Crippen LogP contribution in [0.25, 0.3) is 0 Å². The summed E-state index contributed by atoms with van der Waals surface area (Å²) in [6.07, 6.45) is 0.245. The van der Waals surface area contributed by atoms with Gasteiger partial charge in [0.25, 0.3) is 0 Å². The molecule has 0 saturated carbocycles. The zero-order valence-electron chi connectivity index (χ0n) is 9.99. The maximum Gasteiger partial charge on any atom is 0.340 e. The smallest absolute Gasteiger partial charge is 0.340 e. The molecule has 16 heavy (non-hydrogen) atoms. The molecule has 1 N–H and O–H groups in total. The van der Waals surface area contributed by atoms with Gasteiger partial charge in [-0.05, 0) is 31.0 Å². The van der Waals surface area contributed by atoms with Gasteiger partial charge in [-0.1, -0.05) is 25.5 Å². The van der Waals surface area contributed by atoms with E-state index in [0.29, 0.717) is 12.0 Å². The van der Waals surface area contributed by atoms with Crippen molar-refractivity contribution < 1.29 is 14.6 Å². The fraction of sp³-hybridized carbons (Fsp3) is 0.462. The fourth-order valence-corrected chi connectivity index (χ4v) is 1.47. The van der Waals surface area contributed by atoms with Crippen LogP contribution in [0.2, 0.25) is 0 Å². The second-order valence-electron chi connectivity index (χ2n) is 3.90. The van der Waals surface area contributed by atoms with Gasteiger partial charge in [-0.2, -0.15) is 0 Å². The molecule has 0 saturated heterocycles. The summed E-state index contributed by atoms with van der Waals surface area (Å²) in [7, 11) is 0. The topological polar surface area (TPSA) is 46.5 Å². The van der Waals surface area contributed by atoms with E-state index in [2.05, 4.69) is 0 Å². The van der Waals surface area contributed by atoms with E-state index in [1.807, 2.05) is 32.9 Å². The maximum absolute atomic E-state index is 11.7. The number of hydrogen-bond acceptors (Lipinski definition) is 3. The highest BCUT2D eigenvalue weighted by Gasteiger charge is 2.15. The Kier molecular flexibility index (Phi) is 4.50. The lowest BCUT2D eigenvalue weighted by Gasteiger charge is -2.12. The number of rotatable bonds is 4. The van der Waals surface area contributed by atoms with Crippen molar-refractivity contribution in [2.24, 2.45) is 0 Å². The van der Waals surface area contributed by atoms with E-state index in [4.69, 9.17) is 4.74 Å². The molecular formula is C13H18O3. The van der Waals surface area contributed by atoms with E-state index in [1.165, 1.54) is 0 Å². The SMILES string of the molecule is CCCC(O)OC(=O)c1cccc(C)c1C. The van der Waals surface area contributed by atoms with Gasteiger partial charge in [-0.15, -0.1) is 0 Å². The van der Waals surface area contributed by atoms with Crippen molar-refractivity contribution in [3.05, 3.63) is 34.9 Å². The summed E-state index contributed by atoms with van der Waals surface area (Å²) >= 11 is 0. The van der Waals surface area contributed by atoms with Crippen LogP contribution >= 0.6 is 0 Å². The molecule has 0 radical (unpaired) electrons. The number of carbonyl (C=O) groups is 1. The normalized spacial score (nSPS) is 12.2. The molecule has 1 rings (SSSR count). The number of hydrogen-bond donors (Lipinski definition) is 1. The molecule has 88 valence electrons. The van der Waals surface area contributed by atoms with E-state index >= 15 is 0 Å². The van der Waals surface area contributed by atoms with Crippen LogP contribution in [0.1, 0.15) is 41.3 Å². The Bertz CT molecular complexity index is 371. The van der Waals surface area contributed by atoms with Gasteiger partial charge in [-0.3, -0.25) is 0 Å². The Labute approximate surface area is 96.1 Å². The highest BCUT2D eigenvalue weighted by atomic mass is 16.6. The first-order chi connectivity index (χ1) is 7.56. The minimum Gasteiger partial charge on any atom is -0.432 e. The van der Waals surface area contributed by atoms with Crippen molar-refractivity contribution in [3.63, 3.8) is 0 Å². The van der Waals surface area contributed by atoms with Gasteiger partial charge in [-0.25, -0.2) is 4.79 Å². The first kappa shape index (κ1) is 12.7. The number of aliphatic hydroxyl groups excluding tert-OH is 1. The fourth-order valence-electron chi connectivity index (χ4n) is 1.47. The van der Waals surface area contributed by atoms with Crippen LogP contribution < -0.4 is 0 Å². The van der Waals surface area contributed by atoms with E-state index in [1.54, 1.807) is 6.07 Å². The van der Waals surface area contributed by atoms with Gasteiger partial charge in [0.05, 0.1) is 5.56 Å². The number of aryl methyl sites for hydroxylation is 1. The van der Waals surface area contributed by atoms with Gasteiger partial charge in [0.15, 0.2) is 0 Å². The summed E-state index contributed by atoms with van der Waals surface area (Å²) in [5.41, 5.74) is 2.46. The van der Waals surface area contributed by atoms with E-state index < -0.39 is 12.3 Å². The summed E-state index contributed by atoms with van der Waals surface area (Å²) in [6.45, 7) is 5.74. The van der Waals surface area contributed by atoms with Crippen LogP contribution in [0, 0.1) is 13.8 Å². The van der Waals surface area contributed by atoms with Gasteiger partial charge >= 0.3 is 5.97 Å². The molecule has 0 amide bonds. The number of aliphatic hydroxyl groups is 1. The van der Waals surface area contributed by atoms with Crippen LogP contribution in [-0.2, 0) is 4.74 Å². The summed E-state index contributed by atoms with van der Waals surface area (Å²) in [5.74, 6) is -0.456. The van der Waals surface area contributed by atoms with Crippen molar-refractivity contribution in [1.82, 2.24) is 0 Å². The lowest BCUT2D eigenvalue weighted by Crippen LogP contribution is -2.18. The first-order valence-electron chi connectivity index (χ1n) is 5.51. The molecule has 0 aliphatic heterocycles. The monoisotopic (exact) mass is 222 g/mol. The molecule has 0 fully saturated rings. The van der Waals surface area contributed by atoms with Crippen LogP contribution in [0.15, 0.2) is 18.2 Å². The predicted molar refractivity (Wildman–Crippen MR) is 62.2 cm³/mol. The van der Waals surface area contributed by atoms with Crippen LogP contribution in [0.4, 0.5) is 0 Å². The Morgan fingerprint density at radius 2 is 2.12 bits per heavy atom. The Balaban J connectivity index is 2.77. The summed E-state index contributed by atoms with van der Waals surface area (Å²) in [5, 5.41) is 9.40. The zero-order chi connectivity index (χ0) is 12.1. The summed E-state index contributed by atoms with van der Waals surface area (Å²) < 4.78 is 4.93. The lowest BCUT2D eigenvalue weighted by molar-refractivity contribution is -0.0686. The van der Waals surface area contributed by atoms with Gasteiger partial charge < -0.3 is 9.84 Å². The average Bonchev–Trinajstić information content (AvgIpc) is 2.22. The predicted octanol–water partition coefficient (Wildman–Crippen LogP) is 2.58. The van der Waals surface area contributed by atoms with Crippen molar-refractivity contribution in [1.29, 1.82) is 0 Å². The molecule has 0 bridgehead atoms. The third kappa shape index (κ3) is 3.07. The average molecular weight is 222 g/mol. The largest absolute Gasteiger partial charge is 0.432 e. The lowest BCUT2D eigenvalue weighted by atomic mass is 10.0. The molecule has 1 aromatic rings. The molecule has 3 nitrogen and oxygen atoms in total. The maximum atomic E-state index is 11.7. The Hall–Kier alpha value is -1.35. The number of benzene rings is 1. The number of esters is 1. The third-order valence-corrected chi connectivity index (χ3v) is 2.60. The van der Waals surface area contributed by atoms with Crippen molar-refractivity contribution in [3.8, 4) is 0 Å². The zero-order valence-corrected chi connectivity index (χ0v) is 9.99. The molecule has 3 heteroatoms. The third-order valence-electron chi connectivity index (χ3n) is 2.60. The molecule has 0 aliphatic carbocycles. The second kappa shape index (κ2) is 5.66. The van der Waals surface area contributed by atoms with Crippen LogP contribution in [0.3, 0.4) is 0 Å². The first-order valence-corrected chi connectivity index (χ1v) is 5.51. The number of carbonyl (C=O) groups excluding carboxylic acids is 1. The highest BCUT2D eigenvalue weighted by molar-refractivity contribution is 5.91. The standard InChI is InChI=1S/C13H18O3/c1-4-6-12(14)16-13(15)11-8-5-7-9(2)10(11)3/h5,7-8,12,14H,4,6H2,1-3H3. The van der Waals surface area contributed by atoms with Crippen molar-refractivity contribution >= 4 is 5.97 Å². The van der Waals surface area contributed by atoms with Crippen LogP contribution in [0.5, 0.6) is 0 Å². The second-order valence-corrected chi connectivity index (χ2v) is 3.90. The molecule has 0 spiro atoms. The van der Waals surface area contributed by atoms with Crippen molar-refractivity contribution in [2.45, 2.75) is 39.9 Å². The van der Waals surface area contributed by atoms with Crippen molar-refractivity contribution in [2.75, 3.05) is 0 Å². The van der Waals surface area contributed by atoms with Gasteiger partial charge in [0.1, 0.15) is 0 Å². The molecule has 0 aliphatic rings. The van der Waals surface area contributed by atoms with E-state index in [9.17, 15) is 9.90 Å². The molecule has 1 atom stereocenters. The molecule has 0 aromatic heterocycles. The van der Waals surface area contributed by atoms with E-state index in [0.717, 1.165) is 17.5 Å². The molecule has 1 aromatic carbocycles. The highest BCUT2D eigenvalue weighted by Crippen LogP contribution is 2.14. The summed E-state index contributed by atoms with van der Waals surface area (Å²) in [6, 6.07) is 5.46. The molecular weight excluding hydrogens is 204 g/mol. The Morgan fingerprint density at radius 3 is 2.75 bits per heavy atom. The summed E-state index contributed by atoms with van der Waals surface area (Å²) in [4.78, 5) is 11.7. The van der Waals surface area contributed by atoms with Gasteiger partial charge in [0.2, 0.25) is 6.29 Å². The minimum absolute atomic E-state index is 0.456. The minimum atomic E-state index is -1.00. The quantitative estimate of drug-likeness (QED) is 0.629. The van der Waals surface area contributed by atoms with Gasteiger partial charge in [0, 0.05) is 6.42 Å². The number of ether oxygens (including phenoxy) is 1. The van der Waals surface area contributed by atoms with E-state index in [-0.39, 0.29) is 0 Å². The molecule has 1 unspecified atom stereocenters. The van der Waals surface area contributed by atoms with Crippen LogP contribution in [-0.4, -0.2) is 17.4 Å². The Morgan fingerprint density at radius 1 is 1.44 bits per heavy atom. The molecule has 0 heterocycles.